The number of rotatable bonds is 6. The highest BCUT2D eigenvalue weighted by Gasteiger charge is 2.14. The van der Waals surface area contributed by atoms with Crippen LogP contribution in [-0.4, -0.2) is 15.3 Å². The number of furan rings is 1. The Kier molecular flexibility index (Phi) is 5.99. The van der Waals surface area contributed by atoms with E-state index in [1.807, 2.05) is 39.0 Å². The number of thiophene rings is 2. The van der Waals surface area contributed by atoms with Crippen molar-refractivity contribution < 1.29 is 14.3 Å². The van der Waals surface area contributed by atoms with Crippen molar-refractivity contribution in [3.05, 3.63) is 63.5 Å². The number of hydrogen-bond acceptors (Lipinski definition) is 12. The normalized spacial score (nSPS) is 12.1. The second-order valence-electron chi connectivity index (χ2n) is 8.11. The number of phenols is 1. The molecule has 6 aromatic rings. The van der Waals surface area contributed by atoms with E-state index in [0.29, 0.717) is 28.2 Å². The van der Waals surface area contributed by atoms with E-state index in [4.69, 9.17) is 9.15 Å². The Hall–Kier alpha value is -4.00. The summed E-state index contributed by atoms with van der Waals surface area (Å²) in [6, 6.07) is 12.7. The fraction of sp³-hybridized carbons (Fsp3) is 0.120. The molecular formula is C25H18N6O3S3. The average molecular weight is 547 g/mol. The Labute approximate surface area is 222 Å². The number of hydrogen-bond donors (Lipinski definition) is 1. The van der Waals surface area contributed by atoms with Crippen LogP contribution in [-0.2, 0) is 0 Å². The summed E-state index contributed by atoms with van der Waals surface area (Å²) < 4.78 is 13.5. The first kappa shape index (κ1) is 23.4. The molecule has 0 aliphatic carbocycles. The zero-order chi connectivity index (χ0) is 25.5. The van der Waals surface area contributed by atoms with Crippen LogP contribution >= 0.6 is 34.0 Å². The Bertz CT molecular complexity index is 1830. The van der Waals surface area contributed by atoms with E-state index >= 15 is 0 Å². The van der Waals surface area contributed by atoms with Crippen molar-refractivity contribution in [1.82, 2.24) is 10.2 Å². The van der Waals surface area contributed by atoms with Gasteiger partial charge in [-0.1, -0.05) is 11.3 Å². The fourth-order valence-corrected chi connectivity index (χ4v) is 6.22. The number of benzene rings is 2. The predicted octanol–water partition coefficient (Wildman–Crippen LogP) is 9.81. The highest BCUT2D eigenvalue weighted by Crippen LogP contribution is 2.43. The van der Waals surface area contributed by atoms with Gasteiger partial charge >= 0.3 is 0 Å². The van der Waals surface area contributed by atoms with Gasteiger partial charge in [0.05, 0.1) is 9.40 Å². The zero-order valence-corrected chi connectivity index (χ0v) is 22.2. The lowest BCUT2D eigenvalue weighted by atomic mass is 10.2. The molecule has 0 fully saturated rings. The third kappa shape index (κ3) is 4.73. The van der Waals surface area contributed by atoms with Crippen molar-refractivity contribution in [3.8, 4) is 17.2 Å². The van der Waals surface area contributed by atoms with Gasteiger partial charge in [-0.3, -0.25) is 0 Å². The van der Waals surface area contributed by atoms with Crippen LogP contribution in [0.4, 0.5) is 22.4 Å². The third-order valence-corrected chi connectivity index (χ3v) is 8.18. The van der Waals surface area contributed by atoms with Crippen molar-refractivity contribution in [2.24, 2.45) is 20.5 Å². The molecule has 0 unspecified atom stereocenters. The maximum Gasteiger partial charge on any atom is 0.251 e. The number of fused-ring (bicyclic) bond motifs is 2. The number of azo groups is 2. The molecule has 184 valence electrons. The number of nitrogens with zero attached hydrogens (tertiary/aromatic N) is 6. The molecule has 0 atom stereocenters. The summed E-state index contributed by atoms with van der Waals surface area (Å²) in [5.74, 6) is 1.70. The second-order valence-corrected chi connectivity index (χ2v) is 11.8. The summed E-state index contributed by atoms with van der Waals surface area (Å²) in [4.78, 5) is 2.21. The molecule has 2 aromatic carbocycles. The molecule has 0 amide bonds. The van der Waals surface area contributed by atoms with Crippen molar-refractivity contribution in [3.63, 3.8) is 0 Å². The lowest BCUT2D eigenvalue weighted by Gasteiger charge is -2.05. The smallest absolute Gasteiger partial charge is 0.251 e. The van der Waals surface area contributed by atoms with Crippen LogP contribution in [0.3, 0.4) is 0 Å². The minimum atomic E-state index is 0.227. The summed E-state index contributed by atoms with van der Waals surface area (Å²) >= 11 is 4.56. The standard InChI is InChI=1S/C25H18N6O3S3/c1-12-8-16-20(32)6-4-18(23(16)35-12)27-29-22-10-15(11-33-22)34-21-7-5-19(24-17(21)9-13(2)36-24)28-31-25-30-26-14(3)37-25/h4-11,32H,1-3H3. The summed E-state index contributed by atoms with van der Waals surface area (Å²) in [6.07, 6.45) is 1.49. The third-order valence-electron chi connectivity index (χ3n) is 5.31. The van der Waals surface area contributed by atoms with E-state index in [2.05, 4.69) is 36.7 Å². The predicted molar refractivity (Wildman–Crippen MR) is 147 cm³/mol. The highest BCUT2D eigenvalue weighted by atomic mass is 32.1. The summed E-state index contributed by atoms with van der Waals surface area (Å²) in [7, 11) is 0. The van der Waals surface area contributed by atoms with E-state index in [1.54, 1.807) is 40.9 Å². The first-order chi connectivity index (χ1) is 17.9. The minimum Gasteiger partial charge on any atom is -0.507 e. The van der Waals surface area contributed by atoms with Gasteiger partial charge in [-0.05, 0) is 57.2 Å². The molecule has 0 radical (unpaired) electrons. The molecular weight excluding hydrogens is 529 g/mol. The quantitative estimate of drug-likeness (QED) is 0.209. The summed E-state index contributed by atoms with van der Waals surface area (Å²) in [5, 5.41) is 38.3. The number of aryl methyl sites for hydroxylation is 3. The molecule has 0 saturated carbocycles. The first-order valence-electron chi connectivity index (χ1n) is 11.1. The van der Waals surface area contributed by atoms with Gasteiger partial charge in [0.1, 0.15) is 34.1 Å². The molecule has 0 aliphatic rings. The van der Waals surface area contributed by atoms with E-state index in [-0.39, 0.29) is 5.75 Å². The first-order valence-corrected chi connectivity index (χ1v) is 13.5. The molecule has 4 heterocycles. The van der Waals surface area contributed by atoms with E-state index in [1.165, 1.54) is 17.6 Å². The minimum absolute atomic E-state index is 0.227. The molecule has 0 aliphatic heterocycles. The molecule has 0 spiro atoms. The molecule has 1 N–H and O–H groups in total. The van der Waals surface area contributed by atoms with Gasteiger partial charge in [0.15, 0.2) is 5.75 Å². The molecule has 0 saturated heterocycles. The van der Waals surface area contributed by atoms with Gasteiger partial charge in [0.25, 0.3) is 5.13 Å². The number of phenolic OH excluding ortho intramolecular Hbond substituents is 1. The van der Waals surface area contributed by atoms with Crippen LogP contribution < -0.4 is 4.74 Å². The van der Waals surface area contributed by atoms with Crippen LogP contribution in [0.2, 0.25) is 0 Å². The van der Waals surface area contributed by atoms with Gasteiger partial charge < -0.3 is 14.3 Å². The number of aromatic nitrogens is 2. The Morgan fingerprint density at radius 1 is 0.784 bits per heavy atom. The van der Waals surface area contributed by atoms with Gasteiger partial charge in [0, 0.05) is 26.6 Å². The van der Waals surface area contributed by atoms with E-state index < -0.39 is 0 Å². The van der Waals surface area contributed by atoms with Gasteiger partial charge in [-0.2, -0.15) is 0 Å². The van der Waals surface area contributed by atoms with Gasteiger partial charge in [-0.25, -0.2) is 0 Å². The molecule has 9 nitrogen and oxygen atoms in total. The van der Waals surface area contributed by atoms with Crippen LogP contribution in [0.1, 0.15) is 14.8 Å². The second kappa shape index (κ2) is 9.47. The zero-order valence-electron chi connectivity index (χ0n) is 19.8. The largest absolute Gasteiger partial charge is 0.507 e. The van der Waals surface area contributed by atoms with Gasteiger partial charge in [0.2, 0.25) is 5.88 Å². The molecule has 6 rings (SSSR count). The molecule has 37 heavy (non-hydrogen) atoms. The number of aromatic hydroxyl groups is 1. The van der Waals surface area contributed by atoms with Crippen LogP contribution in [0.5, 0.6) is 17.2 Å². The Balaban J connectivity index is 1.25. The maximum atomic E-state index is 10.1. The SMILES string of the molecule is Cc1cc2c(O)ccc(N=Nc3cc(Oc4ccc(N=Nc5nnc(C)s5)c5sc(C)cc45)co3)c2s1. The molecule has 4 aromatic heterocycles. The van der Waals surface area contributed by atoms with Crippen molar-refractivity contribution in [2.75, 3.05) is 0 Å². The highest BCUT2D eigenvalue weighted by molar-refractivity contribution is 7.20. The average Bonchev–Trinajstić information content (AvgIpc) is 3.65. The van der Waals surface area contributed by atoms with Gasteiger partial charge in [-0.15, -0.1) is 53.3 Å². The summed E-state index contributed by atoms with van der Waals surface area (Å²) in [6.45, 7) is 5.90. The fourth-order valence-electron chi connectivity index (χ4n) is 3.74. The maximum absolute atomic E-state index is 10.1. The Morgan fingerprint density at radius 2 is 1.49 bits per heavy atom. The molecule has 0 bridgehead atoms. The Morgan fingerprint density at radius 3 is 2.24 bits per heavy atom. The lowest BCUT2D eigenvalue weighted by Crippen LogP contribution is -1.82. The van der Waals surface area contributed by atoms with Crippen molar-refractivity contribution >= 4 is 76.6 Å². The van der Waals surface area contributed by atoms with E-state index in [0.717, 1.165) is 40.6 Å². The number of ether oxygens (including phenoxy) is 1. The van der Waals surface area contributed by atoms with E-state index in [9.17, 15) is 5.11 Å². The summed E-state index contributed by atoms with van der Waals surface area (Å²) in [5.41, 5.74) is 1.40. The van der Waals surface area contributed by atoms with Crippen LogP contribution in [0, 0.1) is 20.8 Å². The van der Waals surface area contributed by atoms with Crippen LogP contribution in [0.25, 0.3) is 20.2 Å². The van der Waals surface area contributed by atoms with Crippen LogP contribution in [0.15, 0.2) is 73.6 Å². The monoisotopic (exact) mass is 546 g/mol. The van der Waals surface area contributed by atoms with Crippen molar-refractivity contribution in [1.29, 1.82) is 0 Å². The topological polar surface area (TPSA) is 118 Å². The lowest BCUT2D eigenvalue weighted by molar-refractivity contribution is 0.471. The van der Waals surface area contributed by atoms with Crippen molar-refractivity contribution in [2.45, 2.75) is 20.8 Å². The molecule has 12 heteroatoms.